The Morgan fingerprint density at radius 1 is 1.19 bits per heavy atom. The Hall–Kier alpha value is -2.87. The average Bonchev–Trinajstić information content (AvgIpc) is 3.32. The van der Waals surface area contributed by atoms with Crippen LogP contribution in [0.25, 0.3) is 11.0 Å². The number of aromatic nitrogens is 4. The first-order valence-corrected chi connectivity index (χ1v) is 8.61. The topological polar surface area (TPSA) is 85.9 Å². The lowest BCUT2D eigenvalue weighted by molar-refractivity contribution is -0.119. The normalized spacial score (nSPS) is 20.0. The minimum absolute atomic E-state index is 0.0239. The Kier molecular flexibility index (Phi) is 3.91. The van der Waals surface area contributed by atoms with Crippen molar-refractivity contribution in [2.24, 2.45) is 27.1 Å². The van der Waals surface area contributed by atoms with Gasteiger partial charge in [0.05, 0.1) is 23.1 Å². The Morgan fingerprint density at radius 2 is 1.96 bits per heavy atom. The van der Waals surface area contributed by atoms with Crippen LogP contribution in [0.2, 0.25) is 0 Å². The highest BCUT2D eigenvalue weighted by atomic mass is 16.2. The molecule has 0 unspecified atom stereocenters. The first kappa shape index (κ1) is 16.6. The number of nitrogens with one attached hydrogen (secondary N) is 2. The molecule has 1 amide bonds. The number of benzene rings is 1. The number of aryl methyl sites for hydroxylation is 3. The number of fused-ring (bicyclic) bond motifs is 1. The summed E-state index contributed by atoms with van der Waals surface area (Å²) >= 11 is 0. The predicted octanol–water partition coefficient (Wildman–Crippen LogP) is 0.552. The van der Waals surface area contributed by atoms with Gasteiger partial charge >= 0.3 is 5.69 Å². The molecule has 4 rings (SSSR count). The van der Waals surface area contributed by atoms with E-state index in [4.69, 9.17) is 0 Å². The number of carbonyl (C=O) groups is 1. The van der Waals surface area contributed by atoms with E-state index < -0.39 is 0 Å². The molecule has 1 fully saturated rings. The van der Waals surface area contributed by atoms with Gasteiger partial charge in [0.15, 0.2) is 0 Å². The van der Waals surface area contributed by atoms with Gasteiger partial charge in [-0.25, -0.2) is 4.79 Å². The second kappa shape index (κ2) is 6.14. The summed E-state index contributed by atoms with van der Waals surface area (Å²) in [6, 6.07) is 5.54. The van der Waals surface area contributed by atoms with Gasteiger partial charge in [0, 0.05) is 52.0 Å². The van der Waals surface area contributed by atoms with Crippen molar-refractivity contribution in [1.29, 1.82) is 0 Å². The average molecular weight is 354 g/mol. The minimum atomic E-state index is -0.158. The molecule has 3 heterocycles. The van der Waals surface area contributed by atoms with Crippen LogP contribution in [0.4, 0.5) is 5.69 Å². The second-order valence-electron chi connectivity index (χ2n) is 6.91. The van der Waals surface area contributed by atoms with Crippen LogP contribution in [0.3, 0.4) is 0 Å². The monoisotopic (exact) mass is 354 g/mol. The molecule has 3 aromatic rings. The highest BCUT2D eigenvalue weighted by molar-refractivity contribution is 5.95. The van der Waals surface area contributed by atoms with Crippen molar-refractivity contribution in [3.8, 4) is 0 Å². The smallest absolute Gasteiger partial charge is 0.326 e. The molecule has 8 nitrogen and oxygen atoms in total. The Morgan fingerprint density at radius 3 is 2.69 bits per heavy atom. The standard InChI is InChI=1S/C18H22N6O2/c1-22-10-11(7-20-22)13-8-19-9-14(13)17(25)21-12-4-5-15-16(6-12)24(3)18(26)23(15)2/h4-7,10,13-14,19H,8-9H2,1-3H3,(H,21,25)/t13-,14+/m1/s1. The van der Waals surface area contributed by atoms with E-state index in [9.17, 15) is 9.59 Å². The van der Waals surface area contributed by atoms with Crippen molar-refractivity contribution in [3.05, 3.63) is 46.6 Å². The lowest BCUT2D eigenvalue weighted by Crippen LogP contribution is -2.28. The molecule has 0 bridgehead atoms. The zero-order chi connectivity index (χ0) is 18.4. The lowest BCUT2D eigenvalue weighted by atomic mass is 9.90. The molecule has 26 heavy (non-hydrogen) atoms. The number of anilines is 1. The molecule has 0 radical (unpaired) electrons. The van der Waals surface area contributed by atoms with Gasteiger partial charge in [0.25, 0.3) is 0 Å². The highest BCUT2D eigenvalue weighted by Crippen LogP contribution is 2.29. The van der Waals surface area contributed by atoms with E-state index in [2.05, 4.69) is 15.7 Å². The van der Waals surface area contributed by atoms with E-state index in [1.165, 1.54) is 0 Å². The van der Waals surface area contributed by atoms with E-state index in [1.54, 1.807) is 27.9 Å². The summed E-state index contributed by atoms with van der Waals surface area (Å²) < 4.78 is 4.94. The van der Waals surface area contributed by atoms with Crippen molar-refractivity contribution in [3.63, 3.8) is 0 Å². The molecule has 8 heteroatoms. The van der Waals surface area contributed by atoms with Gasteiger partial charge in [-0.15, -0.1) is 0 Å². The van der Waals surface area contributed by atoms with Crippen molar-refractivity contribution < 1.29 is 4.79 Å². The summed E-state index contributed by atoms with van der Waals surface area (Å²) in [5.74, 6) is -0.0767. The molecular weight excluding hydrogens is 332 g/mol. The van der Waals surface area contributed by atoms with E-state index in [0.29, 0.717) is 12.2 Å². The number of hydrogen-bond acceptors (Lipinski definition) is 4. The van der Waals surface area contributed by atoms with Crippen LogP contribution in [-0.2, 0) is 25.9 Å². The maximum atomic E-state index is 12.8. The quantitative estimate of drug-likeness (QED) is 0.719. The molecule has 1 aliphatic heterocycles. The third-order valence-electron chi connectivity index (χ3n) is 5.24. The molecule has 1 saturated heterocycles. The molecular formula is C18H22N6O2. The summed E-state index contributed by atoms with van der Waals surface area (Å²) in [5, 5.41) is 10.5. The molecule has 2 N–H and O–H groups in total. The van der Waals surface area contributed by atoms with Gasteiger partial charge in [0.1, 0.15) is 0 Å². The SMILES string of the molecule is Cn1cc([C@H]2CNC[C@@H]2C(=O)Nc2ccc3c(c2)n(C)c(=O)n3C)cn1. The fraction of sp³-hybridized carbons (Fsp3) is 0.389. The Balaban J connectivity index is 1.58. The largest absolute Gasteiger partial charge is 0.328 e. The third kappa shape index (κ3) is 2.62. The third-order valence-corrected chi connectivity index (χ3v) is 5.24. The number of amides is 1. The number of rotatable bonds is 3. The maximum Gasteiger partial charge on any atom is 0.328 e. The number of nitrogens with zero attached hydrogens (tertiary/aromatic N) is 4. The lowest BCUT2D eigenvalue weighted by Gasteiger charge is -2.17. The van der Waals surface area contributed by atoms with Crippen molar-refractivity contribution >= 4 is 22.6 Å². The first-order chi connectivity index (χ1) is 12.5. The van der Waals surface area contributed by atoms with Crippen LogP contribution in [-0.4, -0.2) is 37.9 Å². The van der Waals surface area contributed by atoms with Gasteiger partial charge < -0.3 is 10.6 Å². The van der Waals surface area contributed by atoms with E-state index >= 15 is 0 Å². The van der Waals surface area contributed by atoms with Crippen LogP contribution in [0.5, 0.6) is 0 Å². The van der Waals surface area contributed by atoms with Crippen LogP contribution in [0.1, 0.15) is 11.5 Å². The van der Waals surface area contributed by atoms with E-state index in [-0.39, 0.29) is 23.4 Å². The van der Waals surface area contributed by atoms with Gasteiger partial charge in [-0.05, 0) is 23.8 Å². The number of carbonyl (C=O) groups excluding carboxylic acids is 1. The van der Waals surface area contributed by atoms with E-state index in [1.807, 2.05) is 37.6 Å². The van der Waals surface area contributed by atoms with Crippen LogP contribution in [0.15, 0.2) is 35.4 Å². The molecule has 0 aliphatic carbocycles. The zero-order valence-corrected chi connectivity index (χ0v) is 15.1. The molecule has 2 aromatic heterocycles. The van der Waals surface area contributed by atoms with Gasteiger partial charge in [-0.2, -0.15) is 5.10 Å². The maximum absolute atomic E-state index is 12.8. The summed E-state index contributed by atoms with van der Waals surface area (Å²) in [7, 11) is 5.35. The number of imidazole rings is 1. The van der Waals surface area contributed by atoms with Gasteiger partial charge in [0.2, 0.25) is 5.91 Å². The molecule has 2 atom stereocenters. The van der Waals surface area contributed by atoms with Gasteiger partial charge in [-0.3, -0.25) is 18.6 Å². The molecule has 0 spiro atoms. The van der Waals surface area contributed by atoms with Crippen LogP contribution in [0, 0.1) is 5.92 Å². The molecule has 1 aliphatic rings. The highest BCUT2D eigenvalue weighted by Gasteiger charge is 2.34. The fourth-order valence-corrected chi connectivity index (χ4v) is 3.76. The minimum Gasteiger partial charge on any atom is -0.326 e. The van der Waals surface area contributed by atoms with Crippen LogP contribution >= 0.6 is 0 Å². The summed E-state index contributed by atoms with van der Waals surface area (Å²) in [6.07, 6.45) is 3.79. The van der Waals surface area contributed by atoms with E-state index in [0.717, 1.165) is 23.1 Å². The second-order valence-corrected chi connectivity index (χ2v) is 6.91. The molecule has 136 valence electrons. The van der Waals surface area contributed by atoms with Crippen molar-refractivity contribution in [2.75, 3.05) is 18.4 Å². The Labute approximate surface area is 150 Å². The number of hydrogen-bond donors (Lipinski definition) is 2. The van der Waals surface area contributed by atoms with Crippen molar-refractivity contribution in [1.82, 2.24) is 24.2 Å². The molecule has 0 saturated carbocycles. The molecule has 1 aromatic carbocycles. The van der Waals surface area contributed by atoms with Gasteiger partial charge in [-0.1, -0.05) is 0 Å². The van der Waals surface area contributed by atoms with Crippen molar-refractivity contribution in [2.45, 2.75) is 5.92 Å². The summed E-state index contributed by atoms with van der Waals surface area (Å²) in [6.45, 7) is 1.40. The Bertz CT molecular complexity index is 1040. The fourth-order valence-electron chi connectivity index (χ4n) is 3.76. The first-order valence-electron chi connectivity index (χ1n) is 8.61. The van der Waals surface area contributed by atoms with Crippen LogP contribution < -0.4 is 16.3 Å². The summed E-state index contributed by atoms with van der Waals surface area (Å²) in [4.78, 5) is 24.9. The summed E-state index contributed by atoms with van der Waals surface area (Å²) in [5.41, 5.74) is 3.31. The predicted molar refractivity (Wildman–Crippen MR) is 99.1 cm³/mol. The zero-order valence-electron chi connectivity index (χ0n) is 15.1.